The van der Waals surface area contributed by atoms with Gasteiger partial charge in [0.2, 0.25) is 23.6 Å². The molecule has 0 spiro atoms. The van der Waals surface area contributed by atoms with Crippen molar-refractivity contribution in [2.24, 2.45) is 27.7 Å². The van der Waals surface area contributed by atoms with Crippen LogP contribution in [-0.4, -0.2) is 82.3 Å². The highest BCUT2D eigenvalue weighted by Crippen LogP contribution is 2.28. The fraction of sp³-hybridized carbons (Fsp3) is 0.514. The van der Waals surface area contributed by atoms with Crippen molar-refractivity contribution >= 4 is 58.1 Å². The van der Waals surface area contributed by atoms with Crippen LogP contribution >= 0.6 is 22.7 Å². The van der Waals surface area contributed by atoms with E-state index in [0.717, 1.165) is 5.56 Å². The lowest BCUT2D eigenvalue weighted by Crippen LogP contribution is -2.45. The number of ether oxygens (including phenoxy) is 2. The van der Waals surface area contributed by atoms with Gasteiger partial charge in [-0.3, -0.25) is 19.2 Å². The molecule has 0 saturated heterocycles. The topological polar surface area (TPSA) is 185 Å². The minimum absolute atomic E-state index is 0.00259. The second-order valence-electron chi connectivity index (χ2n) is 14.5. The molecule has 7 unspecified atom stereocenters. The molecule has 4 N–H and O–H groups in total. The number of carbonyl (C=O) groups is 4. The monoisotopic (exact) mass is 762 g/mol. The smallest absolute Gasteiger partial charge is 0.271 e. The number of amides is 4. The summed E-state index contributed by atoms with van der Waals surface area (Å²) in [6.07, 6.45) is -0.172. The van der Waals surface area contributed by atoms with E-state index in [1.165, 1.54) is 22.7 Å². The van der Waals surface area contributed by atoms with Gasteiger partial charge in [-0.1, -0.05) is 71.9 Å². The summed E-state index contributed by atoms with van der Waals surface area (Å²) in [5.74, 6) is -1.38. The summed E-state index contributed by atoms with van der Waals surface area (Å²) >= 11 is 2.54. The third kappa shape index (κ3) is 8.59. The molecule has 3 aliphatic heterocycles. The maximum Gasteiger partial charge on any atom is 0.271 e. The molecular formula is C37H46N8O6S2. The Morgan fingerprint density at radius 1 is 0.717 bits per heavy atom. The van der Waals surface area contributed by atoms with Crippen molar-refractivity contribution in [3.8, 4) is 0 Å². The molecule has 0 aliphatic carbocycles. The Morgan fingerprint density at radius 3 is 1.92 bits per heavy atom. The Labute approximate surface area is 316 Å². The van der Waals surface area contributed by atoms with Crippen LogP contribution < -0.4 is 21.3 Å². The van der Waals surface area contributed by atoms with Crippen LogP contribution in [0.1, 0.15) is 97.1 Å². The minimum atomic E-state index is -0.867. The zero-order valence-corrected chi connectivity index (χ0v) is 32.4. The highest BCUT2D eigenvalue weighted by molar-refractivity contribution is 7.10. The Balaban J connectivity index is 1.36. The zero-order chi connectivity index (χ0) is 38.0. The van der Waals surface area contributed by atoms with Crippen LogP contribution in [0.2, 0.25) is 0 Å². The lowest BCUT2D eigenvalue weighted by Gasteiger charge is -2.23. The van der Waals surface area contributed by atoms with Gasteiger partial charge in [0.1, 0.15) is 46.2 Å². The van der Waals surface area contributed by atoms with E-state index in [4.69, 9.17) is 9.47 Å². The number of carbonyl (C=O) groups excluding carboxylic acids is 4. The van der Waals surface area contributed by atoms with Gasteiger partial charge in [0.25, 0.3) is 11.8 Å². The van der Waals surface area contributed by atoms with Gasteiger partial charge < -0.3 is 30.7 Å². The molecule has 1 aromatic carbocycles. The molecule has 3 aliphatic rings. The van der Waals surface area contributed by atoms with Crippen molar-refractivity contribution in [2.45, 2.75) is 97.2 Å². The van der Waals surface area contributed by atoms with E-state index in [9.17, 15) is 19.2 Å². The lowest BCUT2D eigenvalue weighted by atomic mass is 10.0. The maximum atomic E-state index is 13.8. The van der Waals surface area contributed by atoms with Crippen molar-refractivity contribution in [1.82, 2.24) is 31.2 Å². The molecule has 7 atom stereocenters. The number of thiazole rings is 2. The van der Waals surface area contributed by atoms with Gasteiger partial charge in [0, 0.05) is 10.8 Å². The predicted molar refractivity (Wildman–Crippen MR) is 202 cm³/mol. The summed E-state index contributed by atoms with van der Waals surface area (Å²) in [5.41, 5.74) is 1.34. The summed E-state index contributed by atoms with van der Waals surface area (Å²) < 4.78 is 12.0. The van der Waals surface area contributed by atoms with Crippen LogP contribution in [0.25, 0.3) is 0 Å². The summed E-state index contributed by atoms with van der Waals surface area (Å²) in [6, 6.07) is 5.62. The van der Waals surface area contributed by atoms with Gasteiger partial charge in [0.15, 0.2) is 12.1 Å². The molecular weight excluding hydrogens is 717 g/mol. The fourth-order valence-electron chi connectivity index (χ4n) is 6.26. The fourth-order valence-corrected chi connectivity index (χ4v) is 8.13. The van der Waals surface area contributed by atoms with Gasteiger partial charge in [0.05, 0.1) is 12.1 Å². The molecule has 3 aromatic rings. The van der Waals surface area contributed by atoms with E-state index in [2.05, 4.69) is 41.2 Å². The van der Waals surface area contributed by atoms with Crippen molar-refractivity contribution in [2.75, 3.05) is 6.61 Å². The number of hydrogen-bond donors (Lipinski definition) is 4. The maximum absolute atomic E-state index is 13.8. The molecule has 14 nitrogen and oxygen atoms in total. The van der Waals surface area contributed by atoms with E-state index < -0.39 is 54.2 Å². The second-order valence-corrected chi connectivity index (χ2v) is 16.3. The summed E-state index contributed by atoms with van der Waals surface area (Å²) in [5, 5.41) is 16.6. The molecule has 0 saturated carbocycles. The van der Waals surface area contributed by atoms with E-state index in [1.807, 2.05) is 71.9 Å². The first-order chi connectivity index (χ1) is 25.3. The number of rotatable bonds is 5. The molecule has 53 heavy (non-hydrogen) atoms. The average Bonchev–Trinajstić information content (AvgIpc) is 3.94. The summed E-state index contributed by atoms with van der Waals surface area (Å²) in [6.45, 7) is 13.4. The van der Waals surface area contributed by atoms with Gasteiger partial charge in [-0.05, 0) is 36.7 Å². The Kier molecular flexibility index (Phi) is 11.6. The van der Waals surface area contributed by atoms with Crippen molar-refractivity contribution in [1.29, 1.82) is 0 Å². The van der Waals surface area contributed by atoms with Crippen molar-refractivity contribution in [3.05, 3.63) is 68.1 Å². The standard InChI is InChI=1S/C37H46N8O6S2/c1-17(2)26-34-39-23(14-50-34)30(46)38-22(13-21-11-9-8-10-12-21)36-40-24(15-52-36)31(47)43-27(18(3)4)35-45-29(20(7)51-35)33(49)44-28(19(5)6)37-41-25(16-53-37)32(48)42-26/h8-12,15-20,22-23,26-29H,13-14H2,1-7H3,(H,38,46)(H,42,48)(H,43,47)(H,44,49). The first-order valence-electron chi connectivity index (χ1n) is 17.9. The zero-order valence-electron chi connectivity index (χ0n) is 30.8. The number of nitrogens with zero attached hydrogens (tertiary/aromatic N) is 4. The molecule has 8 bridgehead atoms. The SMILES string of the molecule is CC(C)C1NC(=O)c2csc(n2)C(C(C)C)NC(=O)C2N=C(OC2C)C(C(C)C)NC(=O)c2csc(n2)C(Cc2ccccc2)NC(=O)C2COC1=N2. The van der Waals surface area contributed by atoms with Crippen LogP contribution in [0.4, 0.5) is 0 Å². The van der Waals surface area contributed by atoms with Crippen molar-refractivity contribution in [3.63, 3.8) is 0 Å². The number of hydrogen-bond acceptors (Lipinski definition) is 12. The van der Waals surface area contributed by atoms with E-state index >= 15 is 0 Å². The highest BCUT2D eigenvalue weighted by atomic mass is 32.1. The van der Waals surface area contributed by atoms with E-state index in [0.29, 0.717) is 16.4 Å². The third-order valence-corrected chi connectivity index (χ3v) is 11.2. The summed E-state index contributed by atoms with van der Waals surface area (Å²) in [7, 11) is 0. The van der Waals surface area contributed by atoms with Gasteiger partial charge in [-0.2, -0.15) is 0 Å². The average molecular weight is 763 g/mol. The molecule has 0 fully saturated rings. The molecule has 2 aromatic heterocycles. The van der Waals surface area contributed by atoms with Crippen LogP contribution in [0, 0.1) is 17.8 Å². The predicted octanol–water partition coefficient (Wildman–Crippen LogP) is 4.02. The van der Waals surface area contributed by atoms with Crippen molar-refractivity contribution < 1.29 is 28.7 Å². The van der Waals surface area contributed by atoms with E-state index in [-0.39, 0.29) is 59.4 Å². The van der Waals surface area contributed by atoms with Gasteiger partial charge in [-0.15, -0.1) is 22.7 Å². The van der Waals surface area contributed by atoms with Crippen LogP contribution in [0.5, 0.6) is 0 Å². The summed E-state index contributed by atoms with van der Waals surface area (Å²) in [4.78, 5) is 73.3. The normalized spacial score (nSPS) is 26.9. The molecule has 4 amide bonds. The molecule has 5 heterocycles. The highest BCUT2D eigenvalue weighted by Gasteiger charge is 2.40. The van der Waals surface area contributed by atoms with Gasteiger partial charge in [-0.25, -0.2) is 20.0 Å². The number of fused-ring (bicyclic) bond motifs is 6. The van der Waals surface area contributed by atoms with Crippen LogP contribution in [0.3, 0.4) is 0 Å². The molecule has 0 radical (unpaired) electrons. The third-order valence-electron chi connectivity index (χ3n) is 9.34. The Morgan fingerprint density at radius 2 is 1.30 bits per heavy atom. The number of aliphatic imine (C=N–C) groups is 2. The first-order valence-corrected chi connectivity index (χ1v) is 19.7. The molecule has 6 rings (SSSR count). The number of benzene rings is 1. The molecule has 282 valence electrons. The quantitative estimate of drug-likeness (QED) is 0.300. The minimum Gasteiger partial charge on any atom is -0.477 e. The number of aromatic nitrogens is 2. The van der Waals surface area contributed by atoms with Gasteiger partial charge >= 0.3 is 0 Å². The Bertz CT molecular complexity index is 1890. The van der Waals surface area contributed by atoms with Crippen LogP contribution in [0.15, 0.2) is 51.1 Å². The lowest BCUT2D eigenvalue weighted by molar-refractivity contribution is -0.125. The Hall–Kier alpha value is -4.70. The first kappa shape index (κ1) is 38.0. The molecule has 16 heteroatoms. The largest absolute Gasteiger partial charge is 0.477 e. The van der Waals surface area contributed by atoms with Crippen LogP contribution in [-0.2, 0) is 25.5 Å². The number of nitrogens with one attached hydrogen (secondary N) is 4. The second kappa shape index (κ2) is 16.1. The van der Waals surface area contributed by atoms with E-state index in [1.54, 1.807) is 17.7 Å².